The lowest BCUT2D eigenvalue weighted by atomic mass is 10.0. The van der Waals surface area contributed by atoms with Gasteiger partial charge in [0.1, 0.15) is 0 Å². The first kappa shape index (κ1) is 13.5. The number of rotatable bonds is 4. The summed E-state index contributed by atoms with van der Waals surface area (Å²) >= 11 is 4.93. The maximum atomic E-state index is 6.23. The molecule has 0 aliphatic carbocycles. The third-order valence-corrected chi connectivity index (χ3v) is 5.67. The van der Waals surface area contributed by atoms with E-state index in [1.807, 2.05) is 0 Å². The van der Waals surface area contributed by atoms with E-state index < -0.39 is 0 Å². The molecule has 1 aromatic carbocycles. The minimum atomic E-state index is 0.531. The zero-order valence-electron chi connectivity index (χ0n) is 9.13. The van der Waals surface area contributed by atoms with Crippen molar-refractivity contribution in [1.29, 1.82) is 0 Å². The molecule has 3 heteroatoms. The highest BCUT2D eigenvalue weighted by Gasteiger charge is 2.14. The first-order chi connectivity index (χ1) is 7.11. The van der Waals surface area contributed by atoms with Gasteiger partial charge in [0.15, 0.2) is 0 Å². The van der Waals surface area contributed by atoms with E-state index >= 15 is 0 Å². The number of benzene rings is 1. The smallest absolute Gasteiger partial charge is 0.0400 e. The third kappa shape index (κ3) is 3.22. The van der Waals surface area contributed by atoms with Crippen LogP contribution in [0.5, 0.6) is 0 Å². The van der Waals surface area contributed by atoms with Crippen LogP contribution in [0.25, 0.3) is 0 Å². The van der Waals surface area contributed by atoms with Crippen molar-refractivity contribution in [3.8, 4) is 0 Å². The van der Waals surface area contributed by atoms with Gasteiger partial charge in [0.2, 0.25) is 0 Å². The molecule has 2 unspecified atom stereocenters. The topological polar surface area (TPSA) is 26.0 Å². The van der Waals surface area contributed by atoms with Crippen LogP contribution in [0.2, 0.25) is 0 Å². The van der Waals surface area contributed by atoms with Gasteiger partial charge in [-0.1, -0.05) is 77.2 Å². The number of anilines is 1. The second-order valence-electron chi connectivity index (χ2n) is 3.60. The van der Waals surface area contributed by atoms with Crippen LogP contribution in [0.4, 0.5) is 5.69 Å². The van der Waals surface area contributed by atoms with E-state index in [1.54, 1.807) is 0 Å². The minimum absolute atomic E-state index is 0.531. The molecule has 2 N–H and O–H groups in total. The summed E-state index contributed by atoms with van der Waals surface area (Å²) in [6.45, 7) is 4.40. The van der Waals surface area contributed by atoms with Crippen molar-refractivity contribution in [2.75, 3.05) is 5.73 Å². The van der Waals surface area contributed by atoms with Crippen LogP contribution in [0, 0.1) is 0 Å². The van der Waals surface area contributed by atoms with E-state index in [-0.39, 0.29) is 0 Å². The first-order valence-corrected chi connectivity index (χ1v) is 7.77. The lowest BCUT2D eigenvalue weighted by Gasteiger charge is -2.17. The van der Waals surface area contributed by atoms with Crippen molar-refractivity contribution in [3.63, 3.8) is 0 Å². The van der Waals surface area contributed by atoms with Crippen LogP contribution in [-0.4, -0.2) is 0 Å². The van der Waals surface area contributed by atoms with Gasteiger partial charge in [-0.05, 0) is 24.0 Å². The largest absolute Gasteiger partial charge is 0.398 e. The summed E-state index contributed by atoms with van der Waals surface area (Å²) in [5, 5.41) is 0. The van der Waals surface area contributed by atoms with Gasteiger partial charge >= 0.3 is 0 Å². The van der Waals surface area contributed by atoms with Gasteiger partial charge < -0.3 is 5.73 Å². The van der Waals surface area contributed by atoms with E-state index in [1.165, 1.54) is 11.1 Å². The molecule has 0 fully saturated rings. The van der Waals surface area contributed by atoms with Gasteiger partial charge in [-0.25, -0.2) is 0 Å². The monoisotopic (exact) mass is 429 g/mol. The van der Waals surface area contributed by atoms with Gasteiger partial charge in [-0.3, -0.25) is 0 Å². The fourth-order valence-electron chi connectivity index (χ4n) is 1.59. The molecule has 1 rings (SSSR count). The summed E-state index contributed by atoms with van der Waals surface area (Å²) in [5.74, 6) is 0. The van der Waals surface area contributed by atoms with Crippen molar-refractivity contribution < 1.29 is 0 Å². The molecule has 0 aromatic heterocycles. The highest BCUT2D eigenvalue weighted by atomic mass is 127. The lowest BCUT2D eigenvalue weighted by molar-refractivity contribution is 0.906. The van der Waals surface area contributed by atoms with E-state index in [2.05, 4.69) is 77.2 Å². The normalized spacial score (nSPS) is 14.9. The summed E-state index contributed by atoms with van der Waals surface area (Å²) in [6, 6.07) is 6.43. The molecule has 0 saturated heterocycles. The number of alkyl halides is 2. The Labute approximate surface area is 119 Å². The number of halogens is 2. The van der Waals surface area contributed by atoms with Crippen LogP contribution in [0.3, 0.4) is 0 Å². The van der Waals surface area contributed by atoms with Crippen molar-refractivity contribution in [2.45, 2.75) is 34.5 Å². The summed E-state index contributed by atoms with van der Waals surface area (Å²) in [5.41, 5.74) is 9.82. The molecular formula is C12H17I2N. The Bertz CT molecular complexity index is 297. The zero-order valence-corrected chi connectivity index (χ0v) is 13.4. The second-order valence-corrected chi connectivity index (χ2v) is 6.61. The van der Waals surface area contributed by atoms with Gasteiger partial charge in [0.05, 0.1) is 0 Å². The van der Waals surface area contributed by atoms with Gasteiger partial charge in [-0.15, -0.1) is 0 Å². The molecule has 0 amide bonds. The standard InChI is InChI=1S/C12H17I2N/c1-3-10(13)8-6-5-7-9(12(8)15)11(14)4-2/h5-7,10-11H,3-4,15H2,1-2H3. The average molecular weight is 429 g/mol. The average Bonchev–Trinajstić information content (AvgIpc) is 2.27. The Morgan fingerprint density at radius 1 is 1.07 bits per heavy atom. The number of nitrogens with two attached hydrogens (primary N) is 1. The fraction of sp³-hybridized carbons (Fsp3) is 0.500. The lowest BCUT2D eigenvalue weighted by Crippen LogP contribution is -2.02. The summed E-state index contributed by atoms with van der Waals surface area (Å²) in [4.78, 5) is 0. The predicted octanol–water partition coefficient (Wildman–Crippen LogP) is 5.04. The van der Waals surface area contributed by atoms with Crippen LogP contribution in [-0.2, 0) is 0 Å². The Morgan fingerprint density at radius 2 is 1.47 bits per heavy atom. The highest BCUT2D eigenvalue weighted by Crippen LogP contribution is 2.38. The van der Waals surface area contributed by atoms with E-state index in [0.717, 1.165) is 18.5 Å². The highest BCUT2D eigenvalue weighted by molar-refractivity contribution is 14.1. The molecule has 0 aliphatic heterocycles. The molecule has 0 saturated carbocycles. The molecule has 1 nitrogen and oxygen atoms in total. The Kier molecular flexibility index (Phi) is 5.66. The summed E-state index contributed by atoms with van der Waals surface area (Å²) < 4.78 is 1.06. The van der Waals surface area contributed by atoms with E-state index in [4.69, 9.17) is 5.73 Å². The fourth-order valence-corrected chi connectivity index (χ4v) is 2.67. The molecule has 0 heterocycles. The molecule has 0 bridgehead atoms. The predicted molar refractivity (Wildman–Crippen MR) is 85.0 cm³/mol. The van der Waals surface area contributed by atoms with Crippen molar-refractivity contribution in [2.24, 2.45) is 0 Å². The van der Waals surface area contributed by atoms with Gasteiger partial charge in [0, 0.05) is 13.5 Å². The van der Waals surface area contributed by atoms with E-state index in [9.17, 15) is 0 Å². The summed E-state index contributed by atoms with van der Waals surface area (Å²) in [7, 11) is 0. The Hall–Kier alpha value is 0.480. The SMILES string of the molecule is CCC(I)c1cccc(C(I)CC)c1N. The molecule has 2 atom stereocenters. The number of para-hydroxylation sites is 1. The Morgan fingerprint density at radius 3 is 1.80 bits per heavy atom. The van der Waals surface area contributed by atoms with Gasteiger partial charge in [0.25, 0.3) is 0 Å². The quantitative estimate of drug-likeness (QED) is 0.405. The maximum absolute atomic E-state index is 6.23. The molecule has 0 aliphatic rings. The van der Waals surface area contributed by atoms with Gasteiger partial charge in [-0.2, -0.15) is 0 Å². The molecule has 1 aromatic rings. The van der Waals surface area contributed by atoms with Crippen molar-refractivity contribution in [3.05, 3.63) is 29.3 Å². The molecule has 0 spiro atoms. The molecule has 15 heavy (non-hydrogen) atoms. The number of nitrogen functional groups attached to an aromatic ring is 1. The first-order valence-electron chi connectivity index (χ1n) is 5.28. The van der Waals surface area contributed by atoms with Crippen LogP contribution < -0.4 is 5.73 Å². The minimum Gasteiger partial charge on any atom is -0.398 e. The van der Waals surface area contributed by atoms with Crippen molar-refractivity contribution in [1.82, 2.24) is 0 Å². The Balaban J connectivity index is 3.11. The summed E-state index contributed by atoms with van der Waals surface area (Å²) in [6.07, 6.45) is 2.26. The van der Waals surface area contributed by atoms with Crippen LogP contribution in [0.15, 0.2) is 18.2 Å². The molecule has 0 radical (unpaired) electrons. The van der Waals surface area contributed by atoms with Crippen molar-refractivity contribution >= 4 is 50.9 Å². The van der Waals surface area contributed by atoms with Crippen LogP contribution in [0.1, 0.15) is 45.7 Å². The molecule has 84 valence electrons. The number of hydrogen-bond acceptors (Lipinski definition) is 1. The molecular weight excluding hydrogens is 412 g/mol. The maximum Gasteiger partial charge on any atom is 0.0400 e. The van der Waals surface area contributed by atoms with E-state index in [0.29, 0.717) is 7.85 Å². The second kappa shape index (κ2) is 6.27. The number of hydrogen-bond donors (Lipinski definition) is 1. The zero-order chi connectivity index (χ0) is 11.4. The van der Waals surface area contributed by atoms with Crippen LogP contribution >= 0.6 is 45.2 Å². The third-order valence-electron chi connectivity index (χ3n) is 2.57.